The first-order valence-electron chi connectivity index (χ1n) is 6.23. The van der Waals surface area contributed by atoms with Gasteiger partial charge in [0.05, 0.1) is 10.2 Å². The van der Waals surface area contributed by atoms with E-state index in [9.17, 15) is 9.59 Å². The molecule has 0 aliphatic carbocycles. The van der Waals surface area contributed by atoms with E-state index in [4.69, 9.17) is 5.11 Å². The Bertz CT molecular complexity index is 593. The summed E-state index contributed by atoms with van der Waals surface area (Å²) in [6.07, 6.45) is 0.695. The van der Waals surface area contributed by atoms with Gasteiger partial charge in [0.25, 0.3) is 0 Å². The summed E-state index contributed by atoms with van der Waals surface area (Å²) in [5.41, 5.74) is 0.813. The lowest BCUT2D eigenvalue weighted by molar-refractivity contribution is -0.137. The highest BCUT2D eigenvalue weighted by Gasteiger charge is 2.17. The van der Waals surface area contributed by atoms with Crippen molar-refractivity contribution in [3.63, 3.8) is 0 Å². The third-order valence-corrected chi connectivity index (χ3v) is 3.57. The van der Waals surface area contributed by atoms with Gasteiger partial charge in [0.15, 0.2) is 5.13 Å². The lowest BCUT2D eigenvalue weighted by Crippen LogP contribution is -2.39. The van der Waals surface area contributed by atoms with Crippen LogP contribution in [0.4, 0.5) is 9.93 Å². The number of aromatic nitrogens is 1. The Morgan fingerprint density at radius 3 is 2.80 bits per heavy atom. The summed E-state index contributed by atoms with van der Waals surface area (Å²) in [5, 5.41) is 11.9. The van der Waals surface area contributed by atoms with E-state index in [-0.39, 0.29) is 6.54 Å². The van der Waals surface area contributed by atoms with E-state index in [0.717, 1.165) is 10.2 Å². The van der Waals surface area contributed by atoms with Gasteiger partial charge in [-0.05, 0) is 18.6 Å². The highest BCUT2D eigenvalue weighted by molar-refractivity contribution is 7.22. The summed E-state index contributed by atoms with van der Waals surface area (Å²) in [6, 6.07) is 7.13. The number of carbonyl (C=O) groups excluding carboxylic acids is 1. The second-order valence-corrected chi connectivity index (χ2v) is 5.26. The van der Waals surface area contributed by atoms with Gasteiger partial charge in [0, 0.05) is 6.54 Å². The molecule has 106 valence electrons. The predicted molar refractivity (Wildman–Crippen MR) is 78.1 cm³/mol. The molecule has 7 heteroatoms. The highest BCUT2D eigenvalue weighted by Crippen LogP contribution is 2.25. The number of benzene rings is 1. The van der Waals surface area contributed by atoms with Crippen molar-refractivity contribution >= 4 is 38.7 Å². The van der Waals surface area contributed by atoms with Gasteiger partial charge >= 0.3 is 12.0 Å². The normalized spacial score (nSPS) is 10.4. The smallest absolute Gasteiger partial charge is 0.324 e. The molecule has 2 rings (SSSR count). The number of thiazole rings is 1. The van der Waals surface area contributed by atoms with E-state index in [2.05, 4.69) is 10.3 Å². The SMILES string of the molecule is CCCN(CC(=O)O)C(=O)Nc1nc2ccccc2s1. The van der Waals surface area contributed by atoms with Crippen LogP contribution in [0, 0.1) is 0 Å². The number of nitrogens with one attached hydrogen (secondary N) is 1. The summed E-state index contributed by atoms with van der Waals surface area (Å²) in [6.45, 7) is 1.97. The number of rotatable bonds is 5. The van der Waals surface area contributed by atoms with Crippen LogP contribution < -0.4 is 5.32 Å². The minimum Gasteiger partial charge on any atom is -0.480 e. The third kappa shape index (κ3) is 3.45. The molecule has 2 amide bonds. The molecule has 1 aromatic carbocycles. The van der Waals surface area contributed by atoms with Crippen molar-refractivity contribution in [3.8, 4) is 0 Å². The molecule has 0 aliphatic rings. The van der Waals surface area contributed by atoms with Crippen LogP contribution >= 0.6 is 11.3 Å². The quantitative estimate of drug-likeness (QED) is 0.887. The number of fused-ring (bicyclic) bond motifs is 1. The largest absolute Gasteiger partial charge is 0.480 e. The molecule has 0 saturated carbocycles. The molecule has 0 unspecified atom stereocenters. The van der Waals surface area contributed by atoms with Crippen LogP contribution in [0.25, 0.3) is 10.2 Å². The van der Waals surface area contributed by atoms with Crippen molar-refractivity contribution in [2.45, 2.75) is 13.3 Å². The minimum atomic E-state index is -1.03. The zero-order chi connectivity index (χ0) is 14.5. The summed E-state index contributed by atoms with van der Waals surface area (Å²) in [7, 11) is 0. The molecule has 1 aromatic heterocycles. The van der Waals surface area contributed by atoms with Crippen LogP contribution in [0.5, 0.6) is 0 Å². The zero-order valence-electron chi connectivity index (χ0n) is 11.0. The summed E-state index contributed by atoms with van der Waals surface area (Å²) in [4.78, 5) is 28.3. The maximum atomic E-state index is 12.0. The fourth-order valence-electron chi connectivity index (χ4n) is 1.78. The van der Waals surface area contributed by atoms with Crippen LogP contribution in [0.1, 0.15) is 13.3 Å². The molecule has 2 N–H and O–H groups in total. The van der Waals surface area contributed by atoms with Crippen molar-refractivity contribution in [2.24, 2.45) is 0 Å². The molecule has 6 nitrogen and oxygen atoms in total. The molecule has 0 fully saturated rings. The first-order valence-corrected chi connectivity index (χ1v) is 7.05. The van der Waals surface area contributed by atoms with Gasteiger partial charge in [0.2, 0.25) is 0 Å². The van der Waals surface area contributed by atoms with Gasteiger partial charge in [-0.15, -0.1) is 0 Å². The van der Waals surface area contributed by atoms with Gasteiger partial charge < -0.3 is 10.0 Å². The molecule has 0 bridgehead atoms. The lowest BCUT2D eigenvalue weighted by Gasteiger charge is -2.19. The maximum Gasteiger partial charge on any atom is 0.324 e. The molecule has 0 saturated heterocycles. The van der Waals surface area contributed by atoms with E-state index in [1.54, 1.807) is 0 Å². The van der Waals surface area contributed by atoms with Crippen molar-refractivity contribution in [2.75, 3.05) is 18.4 Å². The van der Waals surface area contributed by atoms with Crippen molar-refractivity contribution in [3.05, 3.63) is 24.3 Å². The van der Waals surface area contributed by atoms with Crippen LogP contribution in [-0.4, -0.2) is 40.1 Å². The van der Waals surface area contributed by atoms with Gasteiger partial charge in [-0.3, -0.25) is 10.1 Å². The van der Waals surface area contributed by atoms with Gasteiger partial charge in [-0.2, -0.15) is 0 Å². The first kappa shape index (κ1) is 14.3. The van der Waals surface area contributed by atoms with Crippen LogP contribution in [0.2, 0.25) is 0 Å². The number of carboxylic acid groups (broad SMARTS) is 1. The van der Waals surface area contributed by atoms with Crippen molar-refractivity contribution < 1.29 is 14.7 Å². The number of aliphatic carboxylic acids is 1. The number of carboxylic acids is 1. The summed E-state index contributed by atoms with van der Waals surface area (Å²) < 4.78 is 0.975. The van der Waals surface area contributed by atoms with Crippen LogP contribution in [0.15, 0.2) is 24.3 Å². The third-order valence-electron chi connectivity index (χ3n) is 2.61. The summed E-state index contributed by atoms with van der Waals surface area (Å²) >= 11 is 1.36. The molecular weight excluding hydrogens is 278 g/mol. The Labute approximate surface area is 120 Å². The molecule has 0 radical (unpaired) electrons. The number of nitrogens with zero attached hydrogens (tertiary/aromatic N) is 2. The average Bonchev–Trinajstić information content (AvgIpc) is 2.79. The molecule has 20 heavy (non-hydrogen) atoms. The van der Waals surface area contributed by atoms with E-state index >= 15 is 0 Å². The van der Waals surface area contributed by atoms with E-state index < -0.39 is 12.0 Å². The number of anilines is 1. The Kier molecular flexibility index (Phi) is 4.52. The Morgan fingerprint density at radius 2 is 2.15 bits per heavy atom. The molecular formula is C13H15N3O3S. The molecule has 0 spiro atoms. The fourth-order valence-corrected chi connectivity index (χ4v) is 2.64. The van der Waals surface area contributed by atoms with Gasteiger partial charge in [0.1, 0.15) is 6.54 Å². The maximum absolute atomic E-state index is 12.0. The van der Waals surface area contributed by atoms with Crippen molar-refractivity contribution in [1.82, 2.24) is 9.88 Å². The molecule has 0 aliphatic heterocycles. The van der Waals surface area contributed by atoms with Crippen molar-refractivity contribution in [1.29, 1.82) is 0 Å². The van der Waals surface area contributed by atoms with Crippen LogP contribution in [-0.2, 0) is 4.79 Å². The average molecular weight is 293 g/mol. The lowest BCUT2D eigenvalue weighted by atomic mass is 10.3. The van der Waals surface area contributed by atoms with Gasteiger partial charge in [-0.25, -0.2) is 9.78 Å². The minimum absolute atomic E-state index is 0.315. The monoisotopic (exact) mass is 293 g/mol. The second kappa shape index (κ2) is 6.33. The topological polar surface area (TPSA) is 82.5 Å². The Balaban J connectivity index is 2.10. The predicted octanol–water partition coefficient (Wildman–Crippen LogP) is 2.62. The van der Waals surface area contributed by atoms with Crippen LogP contribution in [0.3, 0.4) is 0 Å². The number of urea groups is 1. The fraction of sp³-hybridized carbons (Fsp3) is 0.308. The van der Waals surface area contributed by atoms with E-state index in [0.29, 0.717) is 18.1 Å². The Hall–Kier alpha value is -2.15. The standard InChI is InChI=1S/C13H15N3O3S/c1-2-7-16(8-11(17)18)13(19)15-12-14-9-5-3-4-6-10(9)20-12/h3-6H,2,7-8H2,1H3,(H,17,18)(H,14,15,19). The molecule has 1 heterocycles. The number of carbonyl (C=O) groups is 2. The summed E-state index contributed by atoms with van der Waals surface area (Å²) in [5.74, 6) is -1.03. The number of amides is 2. The highest BCUT2D eigenvalue weighted by atomic mass is 32.1. The van der Waals surface area contributed by atoms with Gasteiger partial charge in [-0.1, -0.05) is 30.4 Å². The zero-order valence-corrected chi connectivity index (χ0v) is 11.8. The Morgan fingerprint density at radius 1 is 1.40 bits per heavy atom. The molecule has 0 atom stereocenters. The molecule has 2 aromatic rings. The second-order valence-electron chi connectivity index (χ2n) is 4.23. The first-order chi connectivity index (χ1) is 9.60. The van der Waals surface area contributed by atoms with E-state index in [1.165, 1.54) is 16.2 Å². The number of para-hydroxylation sites is 1. The number of hydrogen-bond donors (Lipinski definition) is 2. The number of hydrogen-bond acceptors (Lipinski definition) is 4. The van der Waals surface area contributed by atoms with E-state index in [1.807, 2.05) is 31.2 Å².